The van der Waals surface area contributed by atoms with Crippen LogP contribution >= 0.6 is 11.8 Å². The number of carbonyl (C=O) groups excluding carboxylic acids is 1. The first-order valence-electron chi connectivity index (χ1n) is 9.49. The largest absolute Gasteiger partial charge is 0.497 e. The van der Waals surface area contributed by atoms with E-state index in [0.717, 1.165) is 5.75 Å². The number of benzene rings is 2. The van der Waals surface area contributed by atoms with Crippen LogP contribution in [0.1, 0.15) is 5.82 Å². The molecule has 1 aromatic heterocycles. The molecular weight excluding hydrogens is 416 g/mol. The first-order valence-corrected chi connectivity index (χ1v) is 10.5. The molecule has 1 N–H and O–H groups in total. The Balaban J connectivity index is 1.59. The summed E-state index contributed by atoms with van der Waals surface area (Å²) >= 11 is 1.30. The van der Waals surface area contributed by atoms with Crippen LogP contribution in [0.25, 0.3) is 0 Å². The van der Waals surface area contributed by atoms with Gasteiger partial charge in [0, 0.05) is 18.3 Å². The summed E-state index contributed by atoms with van der Waals surface area (Å²) < 4.78 is 18.0. The zero-order valence-electron chi connectivity index (χ0n) is 17.4. The highest BCUT2D eigenvalue weighted by atomic mass is 32.2. The van der Waals surface area contributed by atoms with Crippen molar-refractivity contribution in [1.29, 1.82) is 0 Å². The van der Waals surface area contributed by atoms with E-state index < -0.39 is 0 Å². The summed E-state index contributed by atoms with van der Waals surface area (Å²) in [6, 6.07) is 14.5. The van der Waals surface area contributed by atoms with Crippen LogP contribution in [0.3, 0.4) is 0 Å². The normalized spacial score (nSPS) is 10.4. The standard InChI is InChI=1S/C22H24N4O4S/c1-4-12-26-20(14-30-18-10-8-17(28-2)9-11-18)24-25-22(26)31-15-21(27)23-16-6-5-7-19(13-16)29-3/h4-11,13H,1,12,14-15H2,2-3H3,(H,23,27). The van der Waals surface area contributed by atoms with Crippen LogP contribution in [0.5, 0.6) is 17.2 Å². The lowest BCUT2D eigenvalue weighted by molar-refractivity contribution is -0.113. The highest BCUT2D eigenvalue weighted by Crippen LogP contribution is 2.22. The second kappa shape index (κ2) is 11.1. The molecule has 1 amide bonds. The van der Waals surface area contributed by atoms with E-state index in [9.17, 15) is 4.79 Å². The minimum absolute atomic E-state index is 0.151. The van der Waals surface area contributed by atoms with Gasteiger partial charge in [-0.25, -0.2) is 0 Å². The van der Waals surface area contributed by atoms with Gasteiger partial charge in [0.2, 0.25) is 5.91 Å². The summed E-state index contributed by atoms with van der Waals surface area (Å²) in [7, 11) is 3.20. The molecule has 0 aliphatic heterocycles. The fourth-order valence-electron chi connectivity index (χ4n) is 2.69. The molecule has 0 radical (unpaired) electrons. The zero-order valence-corrected chi connectivity index (χ0v) is 18.2. The number of amides is 1. The van der Waals surface area contributed by atoms with Crippen LogP contribution in [0.4, 0.5) is 5.69 Å². The molecule has 0 bridgehead atoms. The van der Waals surface area contributed by atoms with Gasteiger partial charge in [-0.2, -0.15) is 0 Å². The highest BCUT2D eigenvalue weighted by Gasteiger charge is 2.14. The van der Waals surface area contributed by atoms with Crippen molar-refractivity contribution in [2.75, 3.05) is 25.3 Å². The molecule has 9 heteroatoms. The van der Waals surface area contributed by atoms with E-state index in [1.807, 2.05) is 41.0 Å². The number of methoxy groups -OCH3 is 2. The fourth-order valence-corrected chi connectivity index (χ4v) is 3.46. The number of nitrogens with one attached hydrogen (secondary N) is 1. The summed E-state index contributed by atoms with van der Waals surface area (Å²) in [5, 5.41) is 11.9. The minimum atomic E-state index is -0.151. The molecule has 31 heavy (non-hydrogen) atoms. The van der Waals surface area contributed by atoms with E-state index in [2.05, 4.69) is 22.1 Å². The average Bonchev–Trinajstić information content (AvgIpc) is 3.18. The first kappa shape index (κ1) is 22.2. The molecule has 8 nitrogen and oxygen atoms in total. The molecule has 2 aromatic carbocycles. The van der Waals surface area contributed by atoms with Crippen molar-refractivity contribution in [2.24, 2.45) is 0 Å². The molecule has 0 saturated heterocycles. The van der Waals surface area contributed by atoms with Crippen LogP contribution in [-0.4, -0.2) is 40.6 Å². The van der Waals surface area contributed by atoms with Gasteiger partial charge in [0.1, 0.15) is 23.9 Å². The van der Waals surface area contributed by atoms with Gasteiger partial charge in [0.15, 0.2) is 11.0 Å². The van der Waals surface area contributed by atoms with E-state index in [0.29, 0.717) is 34.7 Å². The van der Waals surface area contributed by atoms with Gasteiger partial charge in [0.25, 0.3) is 0 Å². The van der Waals surface area contributed by atoms with Crippen LogP contribution < -0.4 is 19.5 Å². The van der Waals surface area contributed by atoms with Gasteiger partial charge in [-0.05, 0) is 36.4 Å². The molecule has 0 unspecified atom stereocenters. The number of carbonyl (C=O) groups is 1. The monoisotopic (exact) mass is 440 g/mol. The van der Waals surface area contributed by atoms with E-state index >= 15 is 0 Å². The number of nitrogens with zero attached hydrogens (tertiary/aromatic N) is 3. The van der Waals surface area contributed by atoms with Crippen molar-refractivity contribution in [1.82, 2.24) is 14.8 Å². The third-order valence-corrected chi connectivity index (χ3v) is 5.19. The lowest BCUT2D eigenvalue weighted by Crippen LogP contribution is -2.15. The molecular formula is C22H24N4O4S. The molecule has 3 aromatic rings. The number of thioether (sulfide) groups is 1. The minimum Gasteiger partial charge on any atom is -0.497 e. The van der Waals surface area contributed by atoms with Crippen molar-refractivity contribution in [3.63, 3.8) is 0 Å². The van der Waals surface area contributed by atoms with Gasteiger partial charge in [-0.15, -0.1) is 16.8 Å². The number of rotatable bonds is 11. The van der Waals surface area contributed by atoms with Gasteiger partial charge >= 0.3 is 0 Å². The Morgan fingerprint density at radius 2 is 1.84 bits per heavy atom. The molecule has 0 spiro atoms. The average molecular weight is 441 g/mol. The van der Waals surface area contributed by atoms with E-state index in [1.54, 1.807) is 32.4 Å². The second-order valence-corrected chi connectivity index (χ2v) is 7.27. The summed E-state index contributed by atoms with van der Waals surface area (Å²) in [4.78, 5) is 12.3. The number of allylic oxidation sites excluding steroid dienone is 1. The van der Waals surface area contributed by atoms with E-state index in [-0.39, 0.29) is 18.3 Å². The van der Waals surface area contributed by atoms with Gasteiger partial charge in [-0.3, -0.25) is 9.36 Å². The first-order chi connectivity index (χ1) is 15.1. The van der Waals surface area contributed by atoms with Crippen LogP contribution in [0, 0.1) is 0 Å². The quantitative estimate of drug-likeness (QED) is 0.358. The third kappa shape index (κ3) is 6.26. The maximum absolute atomic E-state index is 12.3. The molecule has 0 aliphatic carbocycles. The smallest absolute Gasteiger partial charge is 0.234 e. The Bertz CT molecular complexity index is 1020. The van der Waals surface area contributed by atoms with Crippen molar-refractivity contribution >= 4 is 23.4 Å². The summed E-state index contributed by atoms with van der Waals surface area (Å²) in [5.41, 5.74) is 0.672. The number of aromatic nitrogens is 3. The Labute approximate surface area is 185 Å². The maximum atomic E-state index is 12.3. The maximum Gasteiger partial charge on any atom is 0.234 e. The molecule has 0 fully saturated rings. The predicted octanol–water partition coefficient (Wildman–Crippen LogP) is 3.79. The Hall–Kier alpha value is -3.46. The van der Waals surface area contributed by atoms with Crippen molar-refractivity contribution < 1.29 is 19.0 Å². The summed E-state index contributed by atoms with van der Waals surface area (Å²) in [6.07, 6.45) is 1.75. The van der Waals surface area contributed by atoms with Crippen LogP contribution in [-0.2, 0) is 17.9 Å². The second-order valence-electron chi connectivity index (χ2n) is 6.33. The molecule has 162 valence electrons. The summed E-state index contributed by atoms with van der Waals surface area (Å²) in [6.45, 7) is 4.54. The highest BCUT2D eigenvalue weighted by molar-refractivity contribution is 7.99. The Morgan fingerprint density at radius 1 is 1.10 bits per heavy atom. The molecule has 1 heterocycles. The number of anilines is 1. The van der Waals surface area contributed by atoms with E-state index in [4.69, 9.17) is 14.2 Å². The van der Waals surface area contributed by atoms with E-state index in [1.165, 1.54) is 11.8 Å². The summed E-state index contributed by atoms with van der Waals surface area (Å²) in [5.74, 6) is 2.81. The van der Waals surface area contributed by atoms with Crippen molar-refractivity contribution in [3.05, 3.63) is 67.0 Å². The molecule has 0 aliphatic rings. The number of hydrogen-bond donors (Lipinski definition) is 1. The topological polar surface area (TPSA) is 87.5 Å². The molecule has 0 saturated carbocycles. The number of hydrogen-bond acceptors (Lipinski definition) is 7. The van der Waals surface area contributed by atoms with Gasteiger partial charge in [0.05, 0.1) is 20.0 Å². The molecule has 3 rings (SSSR count). The lowest BCUT2D eigenvalue weighted by Gasteiger charge is -2.10. The number of ether oxygens (including phenoxy) is 3. The Kier molecular flexibility index (Phi) is 7.94. The lowest BCUT2D eigenvalue weighted by atomic mass is 10.3. The SMILES string of the molecule is C=CCn1c(COc2ccc(OC)cc2)nnc1SCC(=O)Nc1cccc(OC)c1. The van der Waals surface area contributed by atoms with Crippen LogP contribution in [0.2, 0.25) is 0 Å². The zero-order chi connectivity index (χ0) is 22.1. The van der Waals surface area contributed by atoms with Crippen molar-refractivity contribution in [2.45, 2.75) is 18.3 Å². The Morgan fingerprint density at radius 3 is 2.55 bits per heavy atom. The molecule has 0 atom stereocenters. The fraction of sp³-hybridized carbons (Fsp3) is 0.227. The predicted molar refractivity (Wildman–Crippen MR) is 120 cm³/mol. The van der Waals surface area contributed by atoms with Gasteiger partial charge < -0.3 is 19.5 Å². The van der Waals surface area contributed by atoms with Gasteiger partial charge in [-0.1, -0.05) is 23.9 Å². The third-order valence-electron chi connectivity index (χ3n) is 4.22. The van der Waals surface area contributed by atoms with Crippen molar-refractivity contribution in [3.8, 4) is 17.2 Å². The van der Waals surface area contributed by atoms with Crippen LogP contribution in [0.15, 0.2) is 66.3 Å².